The largest absolute Gasteiger partial charge is 0.456 e. The van der Waals surface area contributed by atoms with E-state index >= 15 is 0 Å². The molecule has 1 heterocycles. The topological polar surface area (TPSA) is 53.7 Å². The van der Waals surface area contributed by atoms with Crippen LogP contribution in [-0.2, 0) is 0 Å². The van der Waals surface area contributed by atoms with E-state index in [1.165, 1.54) is 0 Å². The third-order valence-electron chi connectivity index (χ3n) is 2.97. The van der Waals surface area contributed by atoms with Crippen LogP contribution in [-0.4, -0.2) is 11.8 Å². The lowest BCUT2D eigenvalue weighted by Crippen LogP contribution is -2.10. The fourth-order valence-corrected chi connectivity index (χ4v) is 2.15. The van der Waals surface area contributed by atoms with Gasteiger partial charge in [0.05, 0.1) is 5.56 Å². The van der Waals surface area contributed by atoms with Crippen molar-refractivity contribution in [3.8, 4) is 23.0 Å². The summed E-state index contributed by atoms with van der Waals surface area (Å²) in [5.41, 5.74) is 7.50. The first kappa shape index (κ1) is 12.7. The maximum atomic E-state index is 5.87. The highest BCUT2D eigenvalue weighted by Crippen LogP contribution is 2.37. The lowest BCUT2D eigenvalue weighted by atomic mass is 10.1. The Hall–Kier alpha value is -2.27. The molecule has 2 aromatic carbocycles. The van der Waals surface area contributed by atoms with E-state index in [4.69, 9.17) is 32.2 Å². The van der Waals surface area contributed by atoms with Crippen LogP contribution >= 0.6 is 12.2 Å². The van der Waals surface area contributed by atoms with Crippen molar-refractivity contribution < 1.29 is 14.2 Å². The van der Waals surface area contributed by atoms with Gasteiger partial charge in [-0.25, -0.2) is 0 Å². The van der Waals surface area contributed by atoms with E-state index in [-0.39, 0.29) is 6.79 Å². The van der Waals surface area contributed by atoms with Crippen LogP contribution in [0.3, 0.4) is 0 Å². The maximum Gasteiger partial charge on any atom is 0.231 e. The molecule has 0 saturated carbocycles. The fourth-order valence-electron chi connectivity index (χ4n) is 1.98. The predicted octanol–water partition coefficient (Wildman–Crippen LogP) is 3.15. The molecule has 0 spiro atoms. The van der Waals surface area contributed by atoms with E-state index in [1.807, 2.05) is 37.3 Å². The molecule has 5 heteroatoms. The van der Waals surface area contributed by atoms with Crippen molar-refractivity contribution >= 4 is 17.2 Å². The molecular formula is C15H13NO3S. The first-order valence-electron chi connectivity index (χ1n) is 6.11. The molecule has 1 aliphatic heterocycles. The summed E-state index contributed by atoms with van der Waals surface area (Å²) >= 11 is 5.04. The summed E-state index contributed by atoms with van der Waals surface area (Å²) in [4.78, 5) is 0.306. The molecule has 20 heavy (non-hydrogen) atoms. The van der Waals surface area contributed by atoms with Crippen molar-refractivity contribution in [1.82, 2.24) is 0 Å². The van der Waals surface area contributed by atoms with Crippen LogP contribution in [0.2, 0.25) is 0 Å². The van der Waals surface area contributed by atoms with Gasteiger partial charge in [0.15, 0.2) is 11.5 Å². The maximum absolute atomic E-state index is 5.87. The average molecular weight is 287 g/mol. The highest BCUT2D eigenvalue weighted by molar-refractivity contribution is 7.80. The van der Waals surface area contributed by atoms with Gasteiger partial charge in [0.25, 0.3) is 0 Å². The number of nitrogens with two attached hydrogens (primary N) is 1. The Morgan fingerprint density at radius 1 is 1.15 bits per heavy atom. The SMILES string of the molecule is Cc1ccc(C(N)=S)c(Oc2ccc3c(c2)OCO3)c1. The summed E-state index contributed by atoms with van der Waals surface area (Å²) in [5, 5.41) is 0. The fraction of sp³-hybridized carbons (Fsp3) is 0.133. The molecule has 1 aliphatic rings. The van der Waals surface area contributed by atoms with Crippen molar-refractivity contribution in [3.63, 3.8) is 0 Å². The van der Waals surface area contributed by atoms with Crippen LogP contribution in [0.1, 0.15) is 11.1 Å². The minimum Gasteiger partial charge on any atom is -0.456 e. The molecule has 0 radical (unpaired) electrons. The number of hydrogen-bond donors (Lipinski definition) is 1. The van der Waals surface area contributed by atoms with Crippen LogP contribution in [0.25, 0.3) is 0 Å². The van der Waals surface area contributed by atoms with Crippen molar-refractivity contribution in [2.24, 2.45) is 5.73 Å². The molecule has 4 nitrogen and oxygen atoms in total. The molecule has 0 atom stereocenters. The second kappa shape index (κ2) is 5.02. The second-order valence-corrected chi connectivity index (χ2v) is 4.92. The Bertz CT molecular complexity index is 685. The van der Waals surface area contributed by atoms with Gasteiger partial charge in [0.2, 0.25) is 6.79 Å². The van der Waals surface area contributed by atoms with Gasteiger partial charge in [-0.3, -0.25) is 0 Å². The van der Waals surface area contributed by atoms with Gasteiger partial charge in [-0.15, -0.1) is 0 Å². The van der Waals surface area contributed by atoms with E-state index in [0.29, 0.717) is 27.8 Å². The lowest BCUT2D eigenvalue weighted by Gasteiger charge is -2.11. The molecule has 0 aromatic heterocycles. The molecular weight excluding hydrogens is 274 g/mol. The van der Waals surface area contributed by atoms with Crippen molar-refractivity contribution in [2.75, 3.05) is 6.79 Å². The van der Waals surface area contributed by atoms with E-state index in [2.05, 4.69) is 0 Å². The van der Waals surface area contributed by atoms with Crippen LogP contribution in [0.5, 0.6) is 23.0 Å². The lowest BCUT2D eigenvalue weighted by molar-refractivity contribution is 0.174. The van der Waals surface area contributed by atoms with Gasteiger partial charge >= 0.3 is 0 Å². The number of thiocarbonyl (C=S) groups is 1. The Morgan fingerprint density at radius 2 is 1.95 bits per heavy atom. The summed E-state index contributed by atoms with van der Waals surface area (Å²) in [6, 6.07) is 11.1. The number of fused-ring (bicyclic) bond motifs is 1. The number of benzene rings is 2. The molecule has 0 unspecified atom stereocenters. The molecule has 2 N–H and O–H groups in total. The highest BCUT2D eigenvalue weighted by atomic mass is 32.1. The zero-order valence-electron chi connectivity index (χ0n) is 10.9. The van der Waals surface area contributed by atoms with E-state index in [0.717, 1.165) is 11.3 Å². The zero-order chi connectivity index (χ0) is 14.1. The quantitative estimate of drug-likeness (QED) is 0.879. The van der Waals surface area contributed by atoms with Gasteiger partial charge in [0.1, 0.15) is 16.5 Å². The summed E-state index contributed by atoms with van der Waals surface area (Å²) in [6.07, 6.45) is 0. The molecule has 0 saturated heterocycles. The number of hydrogen-bond acceptors (Lipinski definition) is 4. The summed E-state index contributed by atoms with van der Waals surface area (Å²) in [5.74, 6) is 2.68. The zero-order valence-corrected chi connectivity index (χ0v) is 11.7. The molecule has 2 aromatic rings. The first-order chi connectivity index (χ1) is 9.63. The molecule has 3 rings (SSSR count). The summed E-state index contributed by atoms with van der Waals surface area (Å²) in [7, 11) is 0. The van der Waals surface area contributed by atoms with Gasteiger partial charge < -0.3 is 19.9 Å². The highest BCUT2D eigenvalue weighted by Gasteiger charge is 2.15. The summed E-state index contributed by atoms with van der Waals surface area (Å²) < 4.78 is 16.5. The van der Waals surface area contributed by atoms with E-state index in [9.17, 15) is 0 Å². The van der Waals surface area contributed by atoms with Crippen LogP contribution in [0, 0.1) is 6.92 Å². The Balaban J connectivity index is 1.95. The number of ether oxygens (including phenoxy) is 3. The molecule has 102 valence electrons. The van der Waals surface area contributed by atoms with Crippen molar-refractivity contribution in [1.29, 1.82) is 0 Å². The van der Waals surface area contributed by atoms with E-state index < -0.39 is 0 Å². The summed E-state index contributed by atoms with van der Waals surface area (Å²) in [6.45, 7) is 2.22. The average Bonchev–Trinajstić information content (AvgIpc) is 2.85. The van der Waals surface area contributed by atoms with Crippen LogP contribution < -0.4 is 19.9 Å². The second-order valence-electron chi connectivity index (χ2n) is 4.48. The van der Waals surface area contributed by atoms with Gasteiger partial charge in [0, 0.05) is 6.07 Å². The predicted molar refractivity (Wildman–Crippen MR) is 79.7 cm³/mol. The third kappa shape index (κ3) is 2.40. The van der Waals surface area contributed by atoms with Crippen molar-refractivity contribution in [2.45, 2.75) is 6.92 Å². The molecule has 0 fully saturated rings. The minimum absolute atomic E-state index is 0.237. The number of rotatable bonds is 3. The van der Waals surface area contributed by atoms with Gasteiger partial charge in [-0.05, 0) is 36.8 Å². The molecule has 0 aliphatic carbocycles. The standard InChI is InChI=1S/C15H13NO3S/c1-9-2-4-11(15(16)20)13(6-9)19-10-3-5-12-14(7-10)18-8-17-12/h2-7H,8H2,1H3,(H2,16,20). The smallest absolute Gasteiger partial charge is 0.231 e. The first-order valence-corrected chi connectivity index (χ1v) is 6.52. The molecule has 0 bridgehead atoms. The molecule has 0 amide bonds. The normalized spacial score (nSPS) is 12.2. The van der Waals surface area contributed by atoms with Crippen molar-refractivity contribution in [3.05, 3.63) is 47.5 Å². The van der Waals surface area contributed by atoms with Crippen LogP contribution in [0.15, 0.2) is 36.4 Å². The monoisotopic (exact) mass is 287 g/mol. The van der Waals surface area contributed by atoms with E-state index in [1.54, 1.807) is 6.07 Å². The Labute approximate surface area is 122 Å². The van der Waals surface area contributed by atoms with Crippen LogP contribution in [0.4, 0.5) is 0 Å². The minimum atomic E-state index is 0.237. The Morgan fingerprint density at radius 3 is 2.75 bits per heavy atom. The third-order valence-corrected chi connectivity index (χ3v) is 3.19. The van der Waals surface area contributed by atoms with Gasteiger partial charge in [-0.2, -0.15) is 0 Å². The van der Waals surface area contributed by atoms with Gasteiger partial charge in [-0.1, -0.05) is 18.3 Å². The number of aryl methyl sites for hydroxylation is 1. The Kier molecular flexibility index (Phi) is 3.20.